The molecule has 0 unspecified atom stereocenters. The van der Waals surface area contributed by atoms with Crippen molar-refractivity contribution >= 4 is 0 Å². The Morgan fingerprint density at radius 3 is 2.78 bits per heavy atom. The SMILES string of the molecule is CN1CCC[N-]CC1.[Co]. The minimum Gasteiger partial charge on any atom is -0.661 e. The van der Waals surface area contributed by atoms with E-state index in [0.29, 0.717) is 0 Å². The second-order valence-corrected chi connectivity index (χ2v) is 2.33. The maximum atomic E-state index is 4.28. The summed E-state index contributed by atoms with van der Waals surface area (Å²) in [5, 5.41) is 4.28. The van der Waals surface area contributed by atoms with Gasteiger partial charge in [-0.1, -0.05) is 6.42 Å². The first-order valence-corrected chi connectivity index (χ1v) is 3.21. The van der Waals surface area contributed by atoms with E-state index in [1.165, 1.54) is 13.0 Å². The molecule has 0 amide bonds. The molecule has 1 saturated heterocycles. The van der Waals surface area contributed by atoms with Gasteiger partial charge in [0.25, 0.3) is 0 Å². The fourth-order valence-electron chi connectivity index (χ4n) is 0.917. The summed E-state index contributed by atoms with van der Waals surface area (Å²) in [7, 11) is 2.15. The third-order valence-electron chi connectivity index (χ3n) is 1.50. The Hall–Kier alpha value is 0.426. The predicted octanol–water partition coefficient (Wildman–Crippen LogP) is 0.693. The van der Waals surface area contributed by atoms with Crippen LogP contribution in [-0.4, -0.2) is 38.1 Å². The average molecular weight is 172 g/mol. The molecule has 1 aliphatic rings. The Kier molecular flexibility index (Phi) is 5.48. The van der Waals surface area contributed by atoms with Crippen molar-refractivity contribution in [1.82, 2.24) is 4.90 Å². The minimum absolute atomic E-state index is 0. The summed E-state index contributed by atoms with van der Waals surface area (Å²) in [6, 6.07) is 0. The maximum Gasteiger partial charge on any atom is 0 e. The Morgan fingerprint density at radius 1 is 1.22 bits per heavy atom. The molecule has 0 aliphatic carbocycles. The summed E-state index contributed by atoms with van der Waals surface area (Å²) in [4.78, 5) is 2.33. The third kappa shape index (κ3) is 3.92. The molecule has 1 aliphatic heterocycles. The van der Waals surface area contributed by atoms with Crippen molar-refractivity contribution in [3.8, 4) is 0 Å². The van der Waals surface area contributed by atoms with Gasteiger partial charge in [0.15, 0.2) is 0 Å². The van der Waals surface area contributed by atoms with E-state index >= 15 is 0 Å². The summed E-state index contributed by atoms with van der Waals surface area (Å²) >= 11 is 0. The second kappa shape index (κ2) is 5.23. The molecular weight excluding hydrogens is 159 g/mol. The molecule has 57 valence electrons. The number of hydrogen-bond acceptors (Lipinski definition) is 1. The molecule has 1 rings (SSSR count). The molecule has 0 N–H and O–H groups in total. The van der Waals surface area contributed by atoms with E-state index in [1.807, 2.05) is 0 Å². The number of likely N-dealkylation sites (N-methyl/N-ethyl adjacent to an activating group) is 1. The van der Waals surface area contributed by atoms with Crippen LogP contribution in [0.2, 0.25) is 0 Å². The fraction of sp³-hybridized carbons (Fsp3) is 1.00. The van der Waals surface area contributed by atoms with Crippen LogP contribution in [0.3, 0.4) is 0 Å². The molecule has 1 heterocycles. The maximum absolute atomic E-state index is 4.28. The molecular formula is C6H13CoN2-. The molecule has 0 atom stereocenters. The van der Waals surface area contributed by atoms with E-state index in [0.717, 1.165) is 19.6 Å². The van der Waals surface area contributed by atoms with Crippen LogP contribution in [0.25, 0.3) is 5.32 Å². The Morgan fingerprint density at radius 2 is 2.00 bits per heavy atom. The van der Waals surface area contributed by atoms with E-state index < -0.39 is 0 Å². The van der Waals surface area contributed by atoms with Gasteiger partial charge in [-0.25, -0.2) is 0 Å². The van der Waals surface area contributed by atoms with Crippen molar-refractivity contribution < 1.29 is 16.8 Å². The molecule has 0 spiro atoms. The smallest absolute Gasteiger partial charge is 0 e. The summed E-state index contributed by atoms with van der Waals surface area (Å²) in [6.45, 7) is 4.49. The third-order valence-corrected chi connectivity index (χ3v) is 1.50. The monoisotopic (exact) mass is 172 g/mol. The van der Waals surface area contributed by atoms with Crippen molar-refractivity contribution in [2.75, 3.05) is 33.2 Å². The predicted molar refractivity (Wildman–Crippen MR) is 35.2 cm³/mol. The Labute approximate surface area is 67.2 Å². The summed E-state index contributed by atoms with van der Waals surface area (Å²) < 4.78 is 0. The molecule has 1 radical (unpaired) electrons. The van der Waals surface area contributed by atoms with E-state index in [4.69, 9.17) is 0 Å². The first kappa shape index (κ1) is 9.43. The number of hydrogen-bond donors (Lipinski definition) is 0. The summed E-state index contributed by atoms with van der Waals surface area (Å²) in [6.07, 6.45) is 1.25. The first-order valence-electron chi connectivity index (χ1n) is 3.21. The van der Waals surface area contributed by atoms with Crippen molar-refractivity contribution in [1.29, 1.82) is 0 Å². The van der Waals surface area contributed by atoms with E-state index in [9.17, 15) is 0 Å². The van der Waals surface area contributed by atoms with Gasteiger partial charge >= 0.3 is 0 Å². The first-order chi connectivity index (χ1) is 3.89. The zero-order chi connectivity index (χ0) is 5.82. The fourth-order valence-corrected chi connectivity index (χ4v) is 0.917. The Balaban J connectivity index is 0.000000640. The number of rotatable bonds is 0. The van der Waals surface area contributed by atoms with E-state index in [-0.39, 0.29) is 16.8 Å². The summed E-state index contributed by atoms with van der Waals surface area (Å²) in [5.74, 6) is 0. The molecule has 9 heavy (non-hydrogen) atoms. The molecule has 1 fully saturated rings. The van der Waals surface area contributed by atoms with Crippen molar-refractivity contribution in [3.63, 3.8) is 0 Å². The minimum atomic E-state index is 0. The molecule has 0 aromatic rings. The van der Waals surface area contributed by atoms with Crippen LogP contribution in [-0.2, 0) is 16.8 Å². The van der Waals surface area contributed by atoms with Gasteiger partial charge in [-0.3, -0.25) is 0 Å². The van der Waals surface area contributed by atoms with Gasteiger partial charge < -0.3 is 10.2 Å². The van der Waals surface area contributed by atoms with Crippen molar-refractivity contribution in [3.05, 3.63) is 5.32 Å². The molecule has 2 nitrogen and oxygen atoms in total. The quantitative estimate of drug-likeness (QED) is 0.525. The van der Waals surface area contributed by atoms with Crippen LogP contribution < -0.4 is 0 Å². The largest absolute Gasteiger partial charge is 0.661 e. The van der Waals surface area contributed by atoms with Gasteiger partial charge in [0, 0.05) is 16.8 Å². The topological polar surface area (TPSA) is 17.3 Å². The van der Waals surface area contributed by atoms with Crippen molar-refractivity contribution in [2.45, 2.75) is 6.42 Å². The molecule has 3 heteroatoms. The molecule has 0 aromatic carbocycles. The van der Waals surface area contributed by atoms with Gasteiger partial charge in [0.2, 0.25) is 0 Å². The van der Waals surface area contributed by atoms with Gasteiger partial charge in [0.05, 0.1) is 0 Å². The van der Waals surface area contributed by atoms with Crippen LogP contribution >= 0.6 is 0 Å². The van der Waals surface area contributed by atoms with Crippen LogP contribution in [0.15, 0.2) is 0 Å². The van der Waals surface area contributed by atoms with Gasteiger partial charge in [-0.2, -0.15) is 0 Å². The van der Waals surface area contributed by atoms with Gasteiger partial charge in [0.1, 0.15) is 0 Å². The molecule has 0 saturated carbocycles. The van der Waals surface area contributed by atoms with Gasteiger partial charge in [-0.15, -0.1) is 13.1 Å². The standard InChI is InChI=1S/C6H13N2.Co/c1-8-5-2-3-7-4-6-8;/h2-6H2,1H3;/q-1;. The second-order valence-electron chi connectivity index (χ2n) is 2.33. The zero-order valence-electron chi connectivity index (χ0n) is 5.76. The van der Waals surface area contributed by atoms with Crippen molar-refractivity contribution in [2.24, 2.45) is 0 Å². The Bertz CT molecular complexity index is 60.1. The van der Waals surface area contributed by atoms with Crippen LogP contribution in [0.5, 0.6) is 0 Å². The molecule has 0 bridgehead atoms. The van der Waals surface area contributed by atoms with Gasteiger partial charge in [-0.05, 0) is 20.1 Å². The molecule has 0 aromatic heterocycles. The summed E-state index contributed by atoms with van der Waals surface area (Å²) in [5.41, 5.74) is 0. The average Bonchev–Trinajstić information content (AvgIpc) is 1.94. The number of nitrogens with zero attached hydrogens (tertiary/aromatic N) is 2. The zero-order valence-corrected chi connectivity index (χ0v) is 6.80. The van der Waals surface area contributed by atoms with E-state index in [1.54, 1.807) is 0 Å². The normalized spacial score (nSPS) is 22.3. The van der Waals surface area contributed by atoms with Crippen LogP contribution in [0.1, 0.15) is 6.42 Å². The van der Waals surface area contributed by atoms with E-state index in [2.05, 4.69) is 17.3 Å². The van der Waals surface area contributed by atoms with Crippen LogP contribution in [0.4, 0.5) is 0 Å². The van der Waals surface area contributed by atoms with Crippen LogP contribution in [0, 0.1) is 0 Å².